The van der Waals surface area contributed by atoms with Crippen LogP contribution in [0.1, 0.15) is 18.9 Å². The standard InChI is InChI=1S/C11H12F5NS/c1-2-5(17)3-18-4-6-7(12)9(14)11(16)10(15)8(6)13/h5H,2-4,17H2,1H3. The summed E-state index contributed by atoms with van der Waals surface area (Å²) in [4.78, 5) is 0. The zero-order valence-corrected chi connectivity index (χ0v) is 10.4. The molecule has 0 amide bonds. The average molecular weight is 285 g/mol. The largest absolute Gasteiger partial charge is 0.327 e. The van der Waals surface area contributed by atoms with Crippen LogP contribution < -0.4 is 5.73 Å². The quantitative estimate of drug-likeness (QED) is 0.510. The number of hydrogen-bond donors (Lipinski definition) is 1. The molecule has 1 atom stereocenters. The average Bonchev–Trinajstić information content (AvgIpc) is 2.37. The Morgan fingerprint density at radius 2 is 1.39 bits per heavy atom. The molecule has 0 saturated heterocycles. The van der Waals surface area contributed by atoms with Crippen LogP contribution in [0.4, 0.5) is 22.0 Å². The normalized spacial score (nSPS) is 12.8. The van der Waals surface area contributed by atoms with E-state index in [0.717, 1.165) is 11.8 Å². The van der Waals surface area contributed by atoms with E-state index in [1.54, 1.807) is 0 Å². The van der Waals surface area contributed by atoms with Crippen molar-refractivity contribution in [2.45, 2.75) is 25.1 Å². The van der Waals surface area contributed by atoms with Crippen LogP contribution in [0.5, 0.6) is 0 Å². The topological polar surface area (TPSA) is 26.0 Å². The lowest BCUT2D eigenvalue weighted by Gasteiger charge is -2.10. The molecule has 0 aliphatic rings. The van der Waals surface area contributed by atoms with E-state index in [9.17, 15) is 22.0 Å². The van der Waals surface area contributed by atoms with Crippen molar-refractivity contribution in [2.75, 3.05) is 5.75 Å². The van der Waals surface area contributed by atoms with Gasteiger partial charge in [-0.25, -0.2) is 22.0 Å². The maximum atomic E-state index is 13.2. The lowest BCUT2D eigenvalue weighted by atomic mass is 10.2. The van der Waals surface area contributed by atoms with E-state index in [2.05, 4.69) is 0 Å². The van der Waals surface area contributed by atoms with Gasteiger partial charge in [-0.05, 0) is 6.42 Å². The van der Waals surface area contributed by atoms with Crippen LogP contribution in [-0.2, 0) is 5.75 Å². The van der Waals surface area contributed by atoms with Crippen molar-refractivity contribution in [3.8, 4) is 0 Å². The number of halogens is 5. The zero-order chi connectivity index (χ0) is 13.9. The molecular weight excluding hydrogens is 273 g/mol. The highest BCUT2D eigenvalue weighted by molar-refractivity contribution is 7.98. The summed E-state index contributed by atoms with van der Waals surface area (Å²) in [7, 11) is 0. The van der Waals surface area contributed by atoms with Crippen LogP contribution in [0.2, 0.25) is 0 Å². The Morgan fingerprint density at radius 3 is 1.83 bits per heavy atom. The Balaban J connectivity index is 2.89. The van der Waals surface area contributed by atoms with Gasteiger partial charge >= 0.3 is 0 Å². The van der Waals surface area contributed by atoms with Crippen LogP contribution in [0.15, 0.2) is 0 Å². The Kier molecular flexibility index (Phi) is 5.40. The number of thioether (sulfide) groups is 1. The fourth-order valence-corrected chi connectivity index (χ4v) is 2.32. The second kappa shape index (κ2) is 6.38. The molecule has 0 spiro atoms. The number of hydrogen-bond acceptors (Lipinski definition) is 2. The monoisotopic (exact) mass is 285 g/mol. The van der Waals surface area contributed by atoms with Gasteiger partial charge in [0.1, 0.15) is 0 Å². The highest BCUT2D eigenvalue weighted by atomic mass is 32.2. The summed E-state index contributed by atoms with van der Waals surface area (Å²) in [6, 6.07) is -0.170. The lowest BCUT2D eigenvalue weighted by molar-refractivity contribution is 0.372. The van der Waals surface area contributed by atoms with Gasteiger partial charge in [-0.2, -0.15) is 11.8 Å². The van der Waals surface area contributed by atoms with Gasteiger partial charge in [0.15, 0.2) is 23.3 Å². The molecule has 1 unspecified atom stereocenters. The van der Waals surface area contributed by atoms with Gasteiger partial charge in [0.25, 0.3) is 0 Å². The minimum Gasteiger partial charge on any atom is -0.327 e. The van der Waals surface area contributed by atoms with Gasteiger partial charge in [0, 0.05) is 23.1 Å². The van der Waals surface area contributed by atoms with Crippen molar-refractivity contribution >= 4 is 11.8 Å². The predicted molar refractivity (Wildman–Crippen MR) is 60.7 cm³/mol. The van der Waals surface area contributed by atoms with Gasteiger partial charge in [0.05, 0.1) is 0 Å². The number of rotatable bonds is 5. The van der Waals surface area contributed by atoms with Crippen LogP contribution in [0, 0.1) is 29.1 Å². The van der Waals surface area contributed by atoms with Crippen LogP contribution in [-0.4, -0.2) is 11.8 Å². The molecule has 2 N–H and O–H groups in total. The fraction of sp³-hybridized carbons (Fsp3) is 0.455. The summed E-state index contributed by atoms with van der Waals surface area (Å²) in [5.74, 6) is -9.43. The first-order chi connectivity index (χ1) is 8.40. The molecule has 7 heteroatoms. The Morgan fingerprint density at radius 1 is 0.944 bits per heavy atom. The van der Waals surface area contributed by atoms with E-state index in [0.29, 0.717) is 12.2 Å². The van der Waals surface area contributed by atoms with Crippen molar-refractivity contribution in [3.05, 3.63) is 34.6 Å². The van der Waals surface area contributed by atoms with E-state index < -0.39 is 34.6 Å². The molecule has 1 nitrogen and oxygen atoms in total. The molecule has 0 radical (unpaired) electrons. The molecule has 0 fully saturated rings. The molecule has 0 saturated carbocycles. The lowest BCUT2D eigenvalue weighted by Crippen LogP contribution is -2.21. The SMILES string of the molecule is CCC(N)CSCc1c(F)c(F)c(F)c(F)c1F. The van der Waals surface area contributed by atoms with E-state index >= 15 is 0 Å². The van der Waals surface area contributed by atoms with Gasteiger partial charge in [-0.1, -0.05) is 6.92 Å². The predicted octanol–water partition coefficient (Wildman–Crippen LogP) is 3.35. The molecule has 0 aromatic heterocycles. The first-order valence-electron chi connectivity index (χ1n) is 5.23. The summed E-state index contributed by atoms with van der Waals surface area (Å²) in [5, 5.41) is 0. The third-order valence-electron chi connectivity index (χ3n) is 2.40. The first kappa shape index (κ1) is 15.2. The molecule has 0 bridgehead atoms. The van der Waals surface area contributed by atoms with Gasteiger partial charge in [0.2, 0.25) is 5.82 Å². The van der Waals surface area contributed by atoms with Crippen molar-refractivity contribution in [3.63, 3.8) is 0 Å². The second-order valence-corrected chi connectivity index (χ2v) is 4.76. The van der Waals surface area contributed by atoms with Crippen LogP contribution in [0.25, 0.3) is 0 Å². The van der Waals surface area contributed by atoms with Crippen molar-refractivity contribution < 1.29 is 22.0 Å². The van der Waals surface area contributed by atoms with Crippen molar-refractivity contribution in [2.24, 2.45) is 5.73 Å². The Labute approximate surface area is 106 Å². The first-order valence-corrected chi connectivity index (χ1v) is 6.39. The van der Waals surface area contributed by atoms with Crippen LogP contribution >= 0.6 is 11.8 Å². The molecule has 18 heavy (non-hydrogen) atoms. The molecular formula is C11H12F5NS. The Bertz CT molecular complexity index is 409. The van der Waals surface area contributed by atoms with E-state index in [4.69, 9.17) is 5.73 Å². The summed E-state index contributed by atoms with van der Waals surface area (Å²) in [5.41, 5.74) is 4.77. The van der Waals surface area contributed by atoms with Crippen molar-refractivity contribution in [1.29, 1.82) is 0 Å². The summed E-state index contributed by atoms with van der Waals surface area (Å²) >= 11 is 1.03. The molecule has 1 aromatic rings. The van der Waals surface area contributed by atoms with E-state index in [1.807, 2.05) is 6.92 Å². The third kappa shape index (κ3) is 3.14. The second-order valence-electron chi connectivity index (χ2n) is 3.73. The minimum atomic E-state index is -2.14. The molecule has 0 aliphatic heterocycles. The highest BCUT2D eigenvalue weighted by Gasteiger charge is 2.25. The third-order valence-corrected chi connectivity index (χ3v) is 3.56. The zero-order valence-electron chi connectivity index (χ0n) is 9.57. The van der Waals surface area contributed by atoms with Crippen LogP contribution in [0.3, 0.4) is 0 Å². The Hall–Kier alpha value is -0.820. The summed E-state index contributed by atoms with van der Waals surface area (Å²) in [6.45, 7) is 1.84. The molecule has 1 rings (SSSR count). The maximum absolute atomic E-state index is 13.2. The van der Waals surface area contributed by atoms with Gasteiger partial charge in [-0.3, -0.25) is 0 Å². The number of nitrogens with two attached hydrogens (primary N) is 1. The summed E-state index contributed by atoms with van der Waals surface area (Å²) < 4.78 is 65.0. The summed E-state index contributed by atoms with van der Waals surface area (Å²) in [6.07, 6.45) is 0.671. The van der Waals surface area contributed by atoms with E-state index in [1.165, 1.54) is 0 Å². The maximum Gasteiger partial charge on any atom is 0.200 e. The van der Waals surface area contributed by atoms with Crippen molar-refractivity contribution in [1.82, 2.24) is 0 Å². The molecule has 102 valence electrons. The fourth-order valence-electron chi connectivity index (χ4n) is 1.21. The minimum absolute atomic E-state index is 0.170. The van der Waals surface area contributed by atoms with Gasteiger partial charge < -0.3 is 5.73 Å². The molecule has 0 heterocycles. The molecule has 0 aliphatic carbocycles. The smallest absolute Gasteiger partial charge is 0.200 e. The highest BCUT2D eigenvalue weighted by Crippen LogP contribution is 2.26. The van der Waals surface area contributed by atoms with E-state index in [-0.39, 0.29) is 11.8 Å². The van der Waals surface area contributed by atoms with Gasteiger partial charge in [-0.15, -0.1) is 0 Å². The molecule has 1 aromatic carbocycles. The number of benzene rings is 1.